The predicted octanol–water partition coefficient (Wildman–Crippen LogP) is 8.86. The van der Waals surface area contributed by atoms with Crippen LogP contribution in [-0.4, -0.2) is 57.5 Å². The molecule has 1 N–H and O–H groups in total. The van der Waals surface area contributed by atoms with Crippen LogP contribution in [0.15, 0.2) is 48.7 Å². The number of imidazole rings is 1. The Bertz CT molecular complexity index is 1810. The first-order valence-electron chi connectivity index (χ1n) is 17.4. The molecule has 7 rings (SSSR count). The number of rotatable bonds is 3. The molecule has 48 heavy (non-hydrogen) atoms. The Hall–Kier alpha value is -3.88. The lowest BCUT2D eigenvalue weighted by molar-refractivity contribution is -0.160. The predicted molar refractivity (Wildman–Crippen MR) is 191 cm³/mol. The molecule has 0 spiro atoms. The zero-order valence-corrected chi connectivity index (χ0v) is 29.9. The molecular weight excluding hydrogens is 602 g/mol. The van der Waals surface area contributed by atoms with E-state index < -0.39 is 17.7 Å². The van der Waals surface area contributed by atoms with Crippen LogP contribution in [0.5, 0.6) is 5.75 Å². The second kappa shape index (κ2) is 13.2. The summed E-state index contributed by atoms with van der Waals surface area (Å²) in [7, 11) is 0. The van der Waals surface area contributed by atoms with Gasteiger partial charge in [0.25, 0.3) is 0 Å². The summed E-state index contributed by atoms with van der Waals surface area (Å²) in [6, 6.07) is 14.8. The van der Waals surface area contributed by atoms with Crippen LogP contribution in [0.1, 0.15) is 95.1 Å². The Morgan fingerprint density at radius 3 is 2.44 bits per heavy atom. The number of aryl methyl sites for hydroxylation is 3. The van der Waals surface area contributed by atoms with Crippen LogP contribution in [0.4, 0.5) is 5.82 Å². The summed E-state index contributed by atoms with van der Waals surface area (Å²) in [4.78, 5) is 20.3. The molecule has 4 aromatic rings. The van der Waals surface area contributed by atoms with E-state index in [0.29, 0.717) is 12.2 Å². The molecule has 6 bridgehead atoms. The van der Waals surface area contributed by atoms with Crippen molar-refractivity contribution in [3.8, 4) is 28.1 Å². The van der Waals surface area contributed by atoms with Gasteiger partial charge in [-0.05, 0) is 134 Å². The van der Waals surface area contributed by atoms with Crippen molar-refractivity contribution in [1.29, 1.82) is 0 Å². The lowest BCUT2D eigenvalue weighted by atomic mass is 9.92. The van der Waals surface area contributed by atoms with Crippen LogP contribution in [-0.2, 0) is 14.3 Å². The van der Waals surface area contributed by atoms with E-state index in [4.69, 9.17) is 19.2 Å². The molecule has 5 heterocycles. The van der Waals surface area contributed by atoms with E-state index in [1.54, 1.807) is 0 Å². The van der Waals surface area contributed by atoms with Crippen LogP contribution < -0.4 is 9.64 Å². The van der Waals surface area contributed by atoms with Crippen LogP contribution in [0.25, 0.3) is 28.0 Å². The number of carboxylic acids is 1. The first-order chi connectivity index (χ1) is 22.7. The van der Waals surface area contributed by atoms with E-state index in [-0.39, 0.29) is 11.7 Å². The third kappa shape index (κ3) is 7.10. The van der Waals surface area contributed by atoms with E-state index >= 15 is 0 Å². The number of hydrogen-bond acceptors (Lipinski definition) is 6. The SMILES string of the molecule is Cc1cc2c(cc1C)-c1cccc(c1)-c1cn3c(c([C@H](OC(C)(C)C)C(=O)O)c(C)cc3n1)N1CCC(C)(CC1)OCCCC[C@H](C)O2. The van der Waals surface area contributed by atoms with Crippen LogP contribution in [0.3, 0.4) is 0 Å². The average Bonchev–Trinajstić information content (AvgIpc) is 3.44. The summed E-state index contributed by atoms with van der Waals surface area (Å²) >= 11 is 0. The van der Waals surface area contributed by atoms with E-state index in [2.05, 4.69) is 73.4 Å². The number of benzene rings is 2. The van der Waals surface area contributed by atoms with Gasteiger partial charge in [-0.15, -0.1) is 0 Å². The minimum atomic E-state index is -1.14. The lowest BCUT2D eigenvalue weighted by Gasteiger charge is -2.41. The van der Waals surface area contributed by atoms with Gasteiger partial charge < -0.3 is 24.2 Å². The molecule has 0 amide bonds. The Morgan fingerprint density at radius 2 is 1.73 bits per heavy atom. The van der Waals surface area contributed by atoms with Crippen molar-refractivity contribution in [1.82, 2.24) is 9.38 Å². The average molecular weight is 654 g/mol. The molecule has 8 heteroatoms. The van der Waals surface area contributed by atoms with Crippen molar-refractivity contribution in [3.05, 3.63) is 70.9 Å². The smallest absolute Gasteiger partial charge is 0.337 e. The Balaban J connectivity index is 1.54. The minimum absolute atomic E-state index is 0.0737. The van der Waals surface area contributed by atoms with E-state index in [1.165, 1.54) is 11.1 Å². The zero-order valence-electron chi connectivity index (χ0n) is 29.9. The van der Waals surface area contributed by atoms with Gasteiger partial charge in [0.15, 0.2) is 6.10 Å². The van der Waals surface area contributed by atoms with Crippen molar-refractivity contribution < 1.29 is 24.1 Å². The maximum absolute atomic E-state index is 12.9. The molecule has 1 fully saturated rings. The number of piperidine rings is 1. The molecule has 2 aromatic heterocycles. The molecule has 3 aliphatic heterocycles. The fourth-order valence-corrected chi connectivity index (χ4v) is 7.04. The first-order valence-corrected chi connectivity index (χ1v) is 17.4. The summed E-state index contributed by atoms with van der Waals surface area (Å²) in [6.07, 6.45) is 5.59. The number of carbonyl (C=O) groups is 1. The monoisotopic (exact) mass is 653 g/mol. The molecule has 0 saturated carbocycles. The maximum Gasteiger partial charge on any atom is 0.337 e. The fraction of sp³-hybridized carbons (Fsp3) is 0.500. The first kappa shape index (κ1) is 34.0. The van der Waals surface area contributed by atoms with Gasteiger partial charge in [-0.1, -0.05) is 18.2 Å². The Labute approximate surface area is 285 Å². The number of hydrogen-bond donors (Lipinski definition) is 1. The molecule has 1 saturated heterocycles. The number of fused-ring (bicyclic) bond motifs is 8. The summed E-state index contributed by atoms with van der Waals surface area (Å²) in [6.45, 7) is 18.5. The van der Waals surface area contributed by atoms with Crippen molar-refractivity contribution in [2.45, 2.75) is 111 Å². The summed E-state index contributed by atoms with van der Waals surface area (Å²) in [5.41, 5.74) is 7.71. The van der Waals surface area contributed by atoms with E-state index in [0.717, 1.165) is 90.4 Å². The van der Waals surface area contributed by atoms with Gasteiger partial charge in [-0.3, -0.25) is 4.40 Å². The van der Waals surface area contributed by atoms with Crippen LogP contribution >= 0.6 is 0 Å². The standard InChI is InChI=1S/C40H51N3O5/c1-25-20-31-29-13-11-14-30(23-29)32-24-43-34(41-32)22-27(3)35(36(38(44)45)48-39(5,6)7)37(43)42-17-15-40(8,16-18-42)46-19-10-9-12-28(4)47-33(31)21-26(25)2/h11,13-14,20-24,28,36H,9-10,12,15-19H2,1-8H3,(H,44,45)/t28-,36-/m0/s1. The largest absolute Gasteiger partial charge is 0.490 e. The van der Waals surface area contributed by atoms with Gasteiger partial charge >= 0.3 is 5.97 Å². The van der Waals surface area contributed by atoms with E-state index in [9.17, 15) is 9.90 Å². The fourth-order valence-electron chi connectivity index (χ4n) is 7.04. The van der Waals surface area contributed by atoms with Gasteiger partial charge in [-0.2, -0.15) is 0 Å². The number of aromatic nitrogens is 2. The van der Waals surface area contributed by atoms with Gasteiger partial charge in [0.2, 0.25) is 0 Å². The van der Waals surface area contributed by atoms with Gasteiger partial charge in [0, 0.05) is 42.6 Å². The summed E-state index contributed by atoms with van der Waals surface area (Å²) in [5.74, 6) is 0.711. The number of anilines is 1. The van der Waals surface area contributed by atoms with Crippen molar-refractivity contribution >= 4 is 17.4 Å². The molecular formula is C40H51N3O5. The van der Waals surface area contributed by atoms with Crippen molar-refractivity contribution in [2.24, 2.45) is 0 Å². The molecule has 0 radical (unpaired) electrons. The van der Waals surface area contributed by atoms with Crippen LogP contribution in [0, 0.1) is 20.8 Å². The molecule has 2 aromatic carbocycles. The third-order valence-corrected chi connectivity index (χ3v) is 9.90. The van der Waals surface area contributed by atoms with Crippen molar-refractivity contribution in [3.63, 3.8) is 0 Å². The van der Waals surface area contributed by atoms with E-state index in [1.807, 2.05) is 40.0 Å². The van der Waals surface area contributed by atoms with Crippen LogP contribution in [0.2, 0.25) is 0 Å². The quantitative estimate of drug-likeness (QED) is 0.236. The topological polar surface area (TPSA) is 85.5 Å². The minimum Gasteiger partial charge on any atom is -0.490 e. The Morgan fingerprint density at radius 1 is 1.02 bits per heavy atom. The highest BCUT2D eigenvalue weighted by Crippen LogP contribution is 2.40. The number of pyridine rings is 1. The molecule has 3 aliphatic rings. The summed E-state index contributed by atoms with van der Waals surface area (Å²) < 4.78 is 21.5. The normalized spacial score (nSPS) is 21.2. The lowest BCUT2D eigenvalue weighted by Crippen LogP contribution is -2.45. The molecule has 0 unspecified atom stereocenters. The highest BCUT2D eigenvalue weighted by molar-refractivity contribution is 5.81. The van der Waals surface area contributed by atoms with Gasteiger partial charge in [0.1, 0.15) is 17.2 Å². The van der Waals surface area contributed by atoms with Crippen molar-refractivity contribution in [2.75, 3.05) is 24.6 Å². The molecule has 256 valence electrons. The molecule has 8 nitrogen and oxygen atoms in total. The number of carboxylic acid groups (broad SMARTS) is 1. The Kier molecular flexibility index (Phi) is 9.35. The summed E-state index contributed by atoms with van der Waals surface area (Å²) in [5, 5.41) is 10.5. The third-order valence-electron chi connectivity index (χ3n) is 9.90. The second-order valence-corrected chi connectivity index (χ2v) is 15.1. The maximum atomic E-state index is 12.9. The molecule has 2 atom stereocenters. The highest BCUT2D eigenvalue weighted by Gasteiger charge is 2.37. The second-order valence-electron chi connectivity index (χ2n) is 15.1. The number of ether oxygens (including phenoxy) is 3. The zero-order chi connectivity index (χ0) is 34.4. The number of aliphatic carboxylic acids is 1. The van der Waals surface area contributed by atoms with Gasteiger partial charge in [0.05, 0.1) is 23.0 Å². The molecule has 0 aliphatic carbocycles. The van der Waals surface area contributed by atoms with Gasteiger partial charge in [-0.25, -0.2) is 9.78 Å². The number of nitrogens with zero attached hydrogens (tertiary/aromatic N) is 3. The highest BCUT2D eigenvalue weighted by atomic mass is 16.5.